The van der Waals surface area contributed by atoms with Gasteiger partial charge in [0.15, 0.2) is 5.69 Å². The van der Waals surface area contributed by atoms with Crippen molar-refractivity contribution in [2.45, 2.75) is 0 Å². The molecular formula is C11H10N2O6S2. The van der Waals surface area contributed by atoms with Crippen LogP contribution in [-0.2, 0) is 10.3 Å². The molecule has 0 radical (unpaired) electrons. The lowest BCUT2D eigenvalue weighted by Crippen LogP contribution is -2.25. The van der Waals surface area contributed by atoms with Crippen molar-refractivity contribution in [3.8, 4) is 5.75 Å². The van der Waals surface area contributed by atoms with E-state index in [9.17, 15) is 17.8 Å². The van der Waals surface area contributed by atoms with Crippen molar-refractivity contribution in [1.29, 1.82) is 0 Å². The summed E-state index contributed by atoms with van der Waals surface area (Å²) in [4.78, 5) is 14.5. The van der Waals surface area contributed by atoms with E-state index in [1.54, 1.807) is 12.1 Å². The van der Waals surface area contributed by atoms with Crippen LogP contribution in [0.3, 0.4) is 0 Å². The average Bonchev–Trinajstić information content (AvgIpc) is 2.87. The summed E-state index contributed by atoms with van der Waals surface area (Å²) in [5.74, 6) is -1.12. The fourth-order valence-corrected chi connectivity index (χ4v) is 3.34. The number of ether oxygens (including phenoxy) is 1. The third-order valence-corrected chi connectivity index (χ3v) is 4.19. The highest BCUT2D eigenvalue weighted by atomic mass is 32.2. The van der Waals surface area contributed by atoms with Gasteiger partial charge in [-0.15, -0.1) is 11.3 Å². The molecule has 10 heteroatoms. The van der Waals surface area contributed by atoms with Gasteiger partial charge in [0.05, 0.1) is 7.11 Å². The zero-order valence-corrected chi connectivity index (χ0v) is 12.3. The van der Waals surface area contributed by atoms with E-state index in [0.29, 0.717) is 4.31 Å². The first kappa shape index (κ1) is 15.2. The minimum absolute atomic E-state index is 0.0220. The van der Waals surface area contributed by atoms with Crippen LogP contribution in [-0.4, -0.2) is 36.1 Å². The molecule has 1 heterocycles. The van der Waals surface area contributed by atoms with E-state index >= 15 is 0 Å². The molecule has 0 amide bonds. The van der Waals surface area contributed by atoms with Crippen molar-refractivity contribution < 1.29 is 27.6 Å². The summed E-state index contributed by atoms with van der Waals surface area (Å²) >= 11 is 0.766. The molecule has 2 rings (SSSR count). The second-order valence-electron chi connectivity index (χ2n) is 3.73. The number of hydrogen-bond acceptors (Lipinski definition) is 6. The van der Waals surface area contributed by atoms with Gasteiger partial charge >= 0.3 is 16.3 Å². The topological polar surface area (TPSA) is 117 Å². The zero-order chi connectivity index (χ0) is 15.6. The van der Waals surface area contributed by atoms with Gasteiger partial charge in [0.2, 0.25) is 5.13 Å². The van der Waals surface area contributed by atoms with Crippen LogP contribution >= 0.6 is 11.3 Å². The molecule has 0 aliphatic heterocycles. The summed E-state index contributed by atoms with van der Waals surface area (Å²) in [6, 6.07) is 6.06. The molecule has 0 bridgehead atoms. The normalized spacial score (nSPS) is 11.1. The van der Waals surface area contributed by atoms with Gasteiger partial charge in [-0.05, 0) is 12.1 Å². The van der Waals surface area contributed by atoms with Crippen molar-refractivity contribution in [3.05, 3.63) is 35.3 Å². The molecule has 112 valence electrons. The summed E-state index contributed by atoms with van der Waals surface area (Å²) in [6.45, 7) is 0. The van der Waals surface area contributed by atoms with Crippen LogP contribution in [0.2, 0.25) is 0 Å². The molecule has 21 heavy (non-hydrogen) atoms. The second-order valence-corrected chi connectivity index (χ2v) is 5.83. The van der Waals surface area contributed by atoms with E-state index in [1.165, 1.54) is 24.6 Å². The van der Waals surface area contributed by atoms with E-state index in [2.05, 4.69) is 4.98 Å². The van der Waals surface area contributed by atoms with Gasteiger partial charge in [-0.25, -0.2) is 9.78 Å². The van der Waals surface area contributed by atoms with Gasteiger partial charge < -0.3 is 9.84 Å². The maximum atomic E-state index is 11.6. The number of methoxy groups -OCH3 is 1. The molecular weight excluding hydrogens is 320 g/mol. The lowest BCUT2D eigenvalue weighted by molar-refractivity contribution is 0.0691. The van der Waals surface area contributed by atoms with Crippen LogP contribution in [0.1, 0.15) is 10.5 Å². The first-order valence-electron chi connectivity index (χ1n) is 5.44. The monoisotopic (exact) mass is 330 g/mol. The smallest absolute Gasteiger partial charge is 0.366 e. The molecule has 1 aromatic carbocycles. The number of hydrogen-bond donors (Lipinski definition) is 2. The Morgan fingerprint density at radius 2 is 2.05 bits per heavy atom. The molecule has 0 aliphatic rings. The number of carboxylic acids is 1. The van der Waals surface area contributed by atoms with Crippen molar-refractivity contribution in [1.82, 2.24) is 4.98 Å². The number of carbonyl (C=O) groups is 1. The fraction of sp³-hybridized carbons (Fsp3) is 0.0909. The molecule has 1 aromatic heterocycles. The summed E-state index contributed by atoms with van der Waals surface area (Å²) in [5, 5.41) is 9.81. The second kappa shape index (κ2) is 5.68. The number of benzene rings is 1. The quantitative estimate of drug-likeness (QED) is 0.802. The minimum Gasteiger partial charge on any atom is -0.495 e. The van der Waals surface area contributed by atoms with Gasteiger partial charge in [0.1, 0.15) is 11.4 Å². The number of rotatable bonds is 5. The van der Waals surface area contributed by atoms with Crippen LogP contribution in [0, 0.1) is 0 Å². The number of para-hydroxylation sites is 2. The van der Waals surface area contributed by atoms with Gasteiger partial charge in [0.25, 0.3) is 0 Å². The lowest BCUT2D eigenvalue weighted by Gasteiger charge is -2.19. The molecule has 0 atom stereocenters. The van der Waals surface area contributed by atoms with Gasteiger partial charge in [-0.3, -0.25) is 4.55 Å². The van der Waals surface area contributed by atoms with Crippen molar-refractivity contribution in [2.75, 3.05) is 11.4 Å². The number of thiazole rings is 1. The highest BCUT2D eigenvalue weighted by Gasteiger charge is 2.28. The average molecular weight is 330 g/mol. The molecule has 0 unspecified atom stereocenters. The Morgan fingerprint density at radius 1 is 1.38 bits per heavy atom. The SMILES string of the molecule is COc1ccccc1N(c1nc(C(=O)O)cs1)S(=O)(=O)O. The Balaban J connectivity index is 2.61. The molecule has 2 N–H and O–H groups in total. The van der Waals surface area contributed by atoms with E-state index in [1.807, 2.05) is 0 Å². The Morgan fingerprint density at radius 3 is 2.57 bits per heavy atom. The summed E-state index contributed by atoms with van der Waals surface area (Å²) in [6.07, 6.45) is 0. The number of carboxylic acid groups (broad SMARTS) is 1. The molecule has 0 aliphatic carbocycles. The van der Waals surface area contributed by atoms with Crippen molar-refractivity contribution >= 4 is 38.4 Å². The van der Waals surface area contributed by atoms with Crippen molar-refractivity contribution in [2.24, 2.45) is 0 Å². The number of aromatic nitrogens is 1. The Bertz CT molecular complexity index is 771. The van der Waals surface area contributed by atoms with Crippen LogP contribution < -0.4 is 9.04 Å². The van der Waals surface area contributed by atoms with Crippen LogP contribution in [0.15, 0.2) is 29.6 Å². The first-order valence-corrected chi connectivity index (χ1v) is 7.72. The number of aromatic carboxylic acids is 1. The fourth-order valence-electron chi connectivity index (χ4n) is 1.58. The third-order valence-electron chi connectivity index (χ3n) is 2.42. The van der Waals surface area contributed by atoms with E-state index in [4.69, 9.17) is 9.84 Å². The Labute approximate surface area is 124 Å². The predicted molar refractivity (Wildman–Crippen MR) is 75.8 cm³/mol. The summed E-state index contributed by atoms with van der Waals surface area (Å²) in [5.41, 5.74) is -0.299. The van der Waals surface area contributed by atoms with Crippen molar-refractivity contribution in [3.63, 3.8) is 0 Å². The zero-order valence-electron chi connectivity index (χ0n) is 10.6. The van der Waals surface area contributed by atoms with Gasteiger partial charge in [0, 0.05) is 5.38 Å². The van der Waals surface area contributed by atoms with Crippen LogP contribution in [0.4, 0.5) is 10.8 Å². The molecule has 0 fully saturated rings. The Kier molecular flexibility index (Phi) is 4.11. The standard InChI is InChI=1S/C11H10N2O6S2/c1-19-9-5-3-2-4-8(9)13(21(16,17)18)11-12-7(6-20-11)10(14)15/h2-6H,1H3,(H,14,15)(H,16,17,18). The maximum Gasteiger partial charge on any atom is 0.366 e. The maximum absolute atomic E-state index is 11.6. The molecule has 2 aromatic rings. The summed E-state index contributed by atoms with van der Waals surface area (Å²) < 4.78 is 38.2. The highest BCUT2D eigenvalue weighted by Crippen LogP contribution is 2.37. The number of anilines is 2. The van der Waals surface area contributed by atoms with E-state index in [0.717, 1.165) is 11.3 Å². The predicted octanol–water partition coefficient (Wildman–Crippen LogP) is 1.79. The molecule has 0 spiro atoms. The highest BCUT2D eigenvalue weighted by molar-refractivity contribution is 7.87. The molecule has 0 saturated carbocycles. The van der Waals surface area contributed by atoms with Crippen LogP contribution in [0.5, 0.6) is 5.75 Å². The van der Waals surface area contributed by atoms with Gasteiger partial charge in [-0.2, -0.15) is 12.7 Å². The minimum atomic E-state index is -4.71. The largest absolute Gasteiger partial charge is 0.495 e. The third kappa shape index (κ3) is 3.12. The summed E-state index contributed by atoms with van der Waals surface area (Å²) in [7, 11) is -3.37. The lowest BCUT2D eigenvalue weighted by atomic mass is 10.3. The molecule has 8 nitrogen and oxygen atoms in total. The van der Waals surface area contributed by atoms with E-state index in [-0.39, 0.29) is 22.3 Å². The van der Waals surface area contributed by atoms with Crippen LogP contribution in [0.25, 0.3) is 0 Å². The Hall–Kier alpha value is -2.17. The van der Waals surface area contributed by atoms with Gasteiger partial charge in [-0.1, -0.05) is 12.1 Å². The van der Waals surface area contributed by atoms with E-state index < -0.39 is 16.3 Å². The molecule has 0 saturated heterocycles. The first-order chi connectivity index (χ1) is 9.84. The number of nitrogens with zero attached hydrogens (tertiary/aromatic N) is 2.